The van der Waals surface area contributed by atoms with Crippen LogP contribution in [-0.4, -0.2) is 33.9 Å². The Kier molecular flexibility index (Phi) is 7.76. The average molecular weight is 472 g/mol. The lowest BCUT2D eigenvalue weighted by atomic mass is 9.66. The Balaban J connectivity index is 1.92. The van der Waals surface area contributed by atoms with Crippen molar-refractivity contribution in [3.8, 4) is 11.5 Å². The Labute approximate surface area is 206 Å². The number of fused-ring (bicyclic) bond motifs is 3. The molecule has 0 saturated heterocycles. The summed E-state index contributed by atoms with van der Waals surface area (Å²) in [4.78, 5) is 13.1. The van der Waals surface area contributed by atoms with E-state index in [0.717, 1.165) is 41.7 Å². The summed E-state index contributed by atoms with van der Waals surface area (Å²) < 4.78 is 6.52. The number of unbranched alkanes of at least 4 members (excludes halogenated alkanes) is 2. The van der Waals surface area contributed by atoms with Crippen molar-refractivity contribution < 1.29 is 19.7 Å². The van der Waals surface area contributed by atoms with Crippen molar-refractivity contribution in [2.45, 2.75) is 116 Å². The summed E-state index contributed by atoms with van der Waals surface area (Å²) in [6, 6.07) is 4.05. The molecule has 5 nitrogen and oxygen atoms in total. The Morgan fingerprint density at radius 2 is 1.88 bits per heavy atom. The first-order valence-corrected chi connectivity index (χ1v) is 13.0. The summed E-state index contributed by atoms with van der Waals surface area (Å²) in [7, 11) is 0. The van der Waals surface area contributed by atoms with Gasteiger partial charge in [-0.3, -0.25) is 4.79 Å². The molecule has 1 aromatic rings. The number of nitrogens with one attached hydrogen (secondary N) is 1. The average Bonchev–Trinajstić information content (AvgIpc) is 2.72. The highest BCUT2D eigenvalue weighted by Gasteiger charge is 2.47. The number of carbonyl (C=O) groups excluding carboxylic acids is 1. The van der Waals surface area contributed by atoms with Crippen molar-refractivity contribution >= 4 is 5.91 Å². The first-order chi connectivity index (χ1) is 15.8. The number of aromatic hydroxyl groups is 1. The number of aliphatic hydroxyl groups excluding tert-OH is 1. The van der Waals surface area contributed by atoms with Crippen molar-refractivity contribution in [1.29, 1.82) is 0 Å². The van der Waals surface area contributed by atoms with Gasteiger partial charge >= 0.3 is 0 Å². The fourth-order valence-electron chi connectivity index (χ4n) is 5.66. The minimum absolute atomic E-state index is 0.0164. The van der Waals surface area contributed by atoms with Crippen LogP contribution in [0.3, 0.4) is 0 Å². The number of rotatable bonds is 9. The summed E-state index contributed by atoms with van der Waals surface area (Å²) >= 11 is 0. The third kappa shape index (κ3) is 5.62. The maximum absolute atomic E-state index is 13.1. The van der Waals surface area contributed by atoms with Crippen LogP contribution in [0.2, 0.25) is 0 Å². The molecule has 2 aliphatic rings. The van der Waals surface area contributed by atoms with Gasteiger partial charge in [-0.1, -0.05) is 46.1 Å². The lowest BCUT2D eigenvalue weighted by Crippen LogP contribution is -2.48. The number of phenols is 1. The third-order valence-corrected chi connectivity index (χ3v) is 7.97. The van der Waals surface area contributed by atoms with E-state index < -0.39 is 11.1 Å². The second kappa shape index (κ2) is 9.93. The minimum atomic E-state index is -0.475. The molecule has 34 heavy (non-hydrogen) atoms. The third-order valence-electron chi connectivity index (χ3n) is 7.97. The van der Waals surface area contributed by atoms with Gasteiger partial charge < -0.3 is 20.3 Å². The molecule has 0 unspecified atom stereocenters. The number of carbonyl (C=O) groups is 1. The van der Waals surface area contributed by atoms with Crippen molar-refractivity contribution in [3.63, 3.8) is 0 Å². The Morgan fingerprint density at radius 3 is 2.53 bits per heavy atom. The first-order valence-electron chi connectivity index (χ1n) is 13.0. The number of allylic oxidation sites excluding steroid dienone is 1. The minimum Gasteiger partial charge on any atom is -0.508 e. The molecule has 0 aromatic heterocycles. The number of benzene rings is 1. The highest BCUT2D eigenvalue weighted by Crippen LogP contribution is 2.55. The largest absolute Gasteiger partial charge is 0.508 e. The molecule has 2 atom stereocenters. The van der Waals surface area contributed by atoms with E-state index in [1.165, 1.54) is 12.8 Å². The molecule has 0 spiro atoms. The predicted molar refractivity (Wildman–Crippen MR) is 137 cm³/mol. The van der Waals surface area contributed by atoms with E-state index in [4.69, 9.17) is 4.74 Å². The van der Waals surface area contributed by atoms with Crippen LogP contribution in [0.5, 0.6) is 11.5 Å². The number of hydrogen-bond acceptors (Lipinski definition) is 4. The van der Waals surface area contributed by atoms with E-state index in [-0.39, 0.29) is 35.5 Å². The highest BCUT2D eigenvalue weighted by molar-refractivity contribution is 5.94. The topological polar surface area (TPSA) is 78.8 Å². The van der Waals surface area contributed by atoms with Crippen LogP contribution in [0, 0.1) is 5.92 Å². The van der Waals surface area contributed by atoms with Gasteiger partial charge in [0.2, 0.25) is 5.91 Å². The van der Waals surface area contributed by atoms with Gasteiger partial charge in [-0.15, -0.1) is 0 Å². The smallest absolute Gasteiger partial charge is 0.247 e. The molecule has 0 bridgehead atoms. The standard InChI is InChI=1S/C29H45NO4/c1-8-9-10-13-27(2,3)20-17-23(32)25-21-16-19(26(33)30-28(4,5)14-15-31)11-12-22(21)29(6,7)34-24(25)18-20/h11,17-18,21-22,31-32H,8-10,12-16H2,1-7H3,(H,30,33)/t21-,22-/m1/s1. The van der Waals surface area contributed by atoms with Crippen LogP contribution in [0.15, 0.2) is 23.8 Å². The SMILES string of the molecule is CCCCCC(C)(C)c1cc(O)c2c(c1)OC(C)(C)[C@@H]1CC=C(C(=O)NC(C)(C)CCO)C[C@@H]21. The highest BCUT2D eigenvalue weighted by atomic mass is 16.5. The predicted octanol–water partition coefficient (Wildman–Crippen LogP) is 6.12. The van der Waals surface area contributed by atoms with Crippen molar-refractivity contribution in [2.75, 3.05) is 6.61 Å². The van der Waals surface area contributed by atoms with E-state index >= 15 is 0 Å². The summed E-state index contributed by atoms with van der Waals surface area (Å²) in [5, 5.41) is 23.6. The molecule has 1 aliphatic carbocycles. The maximum atomic E-state index is 13.1. The van der Waals surface area contributed by atoms with Gasteiger partial charge in [-0.2, -0.15) is 0 Å². The van der Waals surface area contributed by atoms with Crippen LogP contribution in [0.25, 0.3) is 0 Å². The van der Waals surface area contributed by atoms with Crippen molar-refractivity contribution in [3.05, 3.63) is 34.9 Å². The van der Waals surface area contributed by atoms with Crippen molar-refractivity contribution in [2.24, 2.45) is 5.92 Å². The van der Waals surface area contributed by atoms with E-state index in [2.05, 4.69) is 46.0 Å². The summed E-state index contributed by atoms with van der Waals surface area (Å²) in [6.45, 7) is 14.8. The number of hydrogen-bond donors (Lipinski definition) is 3. The second-order valence-electron chi connectivity index (χ2n) is 12.1. The number of amides is 1. The van der Waals surface area contributed by atoms with Crippen LogP contribution >= 0.6 is 0 Å². The molecule has 3 rings (SSSR count). The lowest BCUT2D eigenvalue weighted by molar-refractivity contribution is -0.119. The quantitative estimate of drug-likeness (QED) is 0.379. The number of ether oxygens (including phenoxy) is 1. The molecule has 1 aromatic carbocycles. The fourth-order valence-corrected chi connectivity index (χ4v) is 5.66. The van der Waals surface area contributed by atoms with Crippen LogP contribution in [0.4, 0.5) is 0 Å². The molecule has 5 heteroatoms. The molecule has 0 fully saturated rings. The zero-order valence-corrected chi connectivity index (χ0v) is 22.3. The van der Waals surface area contributed by atoms with E-state index in [1.54, 1.807) is 0 Å². The molecule has 190 valence electrons. The molecule has 0 saturated carbocycles. The first kappa shape index (κ1) is 26.6. The normalized spacial score (nSPS) is 21.7. The van der Waals surface area contributed by atoms with Gasteiger partial charge in [-0.05, 0) is 76.5 Å². The van der Waals surface area contributed by atoms with E-state index in [1.807, 2.05) is 26.0 Å². The molecule has 3 N–H and O–H groups in total. The molecule has 1 aliphatic heterocycles. The number of phenolic OH excluding ortho intramolecular Hbond substituents is 1. The van der Waals surface area contributed by atoms with Crippen LogP contribution in [0.1, 0.15) is 110 Å². The van der Waals surface area contributed by atoms with Crippen LogP contribution < -0.4 is 10.1 Å². The van der Waals surface area contributed by atoms with Gasteiger partial charge in [0, 0.05) is 35.1 Å². The maximum Gasteiger partial charge on any atom is 0.247 e. The Morgan fingerprint density at radius 1 is 1.18 bits per heavy atom. The Hall–Kier alpha value is -2.01. The summed E-state index contributed by atoms with van der Waals surface area (Å²) in [6.07, 6.45) is 8.44. The molecule has 1 heterocycles. The van der Waals surface area contributed by atoms with Gasteiger partial charge in [-0.25, -0.2) is 0 Å². The molecular formula is C29H45NO4. The molecule has 1 amide bonds. The summed E-state index contributed by atoms with van der Waals surface area (Å²) in [5.41, 5.74) is 1.76. The molecular weight excluding hydrogens is 426 g/mol. The van der Waals surface area contributed by atoms with Gasteiger partial charge in [0.1, 0.15) is 17.1 Å². The zero-order chi connectivity index (χ0) is 25.3. The van der Waals surface area contributed by atoms with Crippen molar-refractivity contribution in [1.82, 2.24) is 5.32 Å². The lowest BCUT2D eigenvalue weighted by Gasteiger charge is -2.47. The zero-order valence-electron chi connectivity index (χ0n) is 22.3. The summed E-state index contributed by atoms with van der Waals surface area (Å²) in [5.74, 6) is 1.14. The van der Waals surface area contributed by atoms with Crippen LogP contribution in [-0.2, 0) is 10.2 Å². The van der Waals surface area contributed by atoms with Gasteiger partial charge in [0.25, 0.3) is 0 Å². The monoisotopic (exact) mass is 471 g/mol. The van der Waals surface area contributed by atoms with E-state index in [9.17, 15) is 15.0 Å². The van der Waals surface area contributed by atoms with Gasteiger partial charge in [0.05, 0.1) is 0 Å². The Bertz CT molecular complexity index is 928. The van der Waals surface area contributed by atoms with Gasteiger partial charge in [0.15, 0.2) is 0 Å². The molecule has 0 radical (unpaired) electrons. The fraction of sp³-hybridized carbons (Fsp3) is 0.690. The van der Waals surface area contributed by atoms with E-state index in [0.29, 0.717) is 12.8 Å². The second-order valence-corrected chi connectivity index (χ2v) is 12.1. The number of aliphatic hydroxyl groups is 1.